The predicted molar refractivity (Wildman–Crippen MR) is 160 cm³/mol. The van der Waals surface area contributed by atoms with Crippen LogP contribution in [0.15, 0.2) is 12.2 Å². The first kappa shape index (κ1) is 33.9. The zero-order valence-corrected chi connectivity index (χ0v) is 26.0. The number of fused-ring (bicyclic) bond motifs is 1. The molecule has 1 heterocycles. The van der Waals surface area contributed by atoms with Crippen LogP contribution in [0.25, 0.3) is 0 Å². The lowest BCUT2D eigenvalue weighted by Gasteiger charge is -2.35. The summed E-state index contributed by atoms with van der Waals surface area (Å²) in [5.41, 5.74) is 4.93. The number of carbonyl (C=O) groups excluding carboxylic acids is 1. The molecule has 12 unspecified atom stereocenters. The predicted octanol–water partition coefficient (Wildman–Crippen LogP) is 1.97. The van der Waals surface area contributed by atoms with Crippen LogP contribution in [0, 0.1) is 41.4 Å². The summed E-state index contributed by atoms with van der Waals surface area (Å²) >= 11 is 0. The van der Waals surface area contributed by atoms with E-state index in [1.165, 1.54) is 19.3 Å². The molecule has 3 aliphatic carbocycles. The Labute approximate surface area is 253 Å². The van der Waals surface area contributed by atoms with Crippen LogP contribution in [0.1, 0.15) is 116 Å². The Balaban J connectivity index is 1.19. The molecule has 4 rings (SSSR count). The molecule has 1 aliphatic heterocycles. The number of aliphatic hydroxyl groups excluding tert-OH is 3. The maximum Gasteiger partial charge on any atom is 0.137 e. The van der Waals surface area contributed by atoms with Crippen LogP contribution >= 0.6 is 0 Å². The van der Waals surface area contributed by atoms with Gasteiger partial charge in [-0.2, -0.15) is 0 Å². The monoisotopic (exact) mass is 592 g/mol. The zero-order valence-electron chi connectivity index (χ0n) is 26.0. The van der Waals surface area contributed by atoms with Crippen molar-refractivity contribution < 1.29 is 35.6 Å². The molecule has 12 atom stereocenters. The lowest BCUT2D eigenvalue weighted by atomic mass is 9.75. The highest BCUT2D eigenvalue weighted by Crippen LogP contribution is 2.57. The molecule has 0 bridgehead atoms. The number of unbranched alkanes of at least 4 members (excludes halogenated alkanes) is 4. The second kappa shape index (κ2) is 15.8. The third kappa shape index (κ3) is 8.36. The van der Waals surface area contributed by atoms with E-state index in [1.807, 2.05) is 0 Å². The summed E-state index contributed by atoms with van der Waals surface area (Å²) in [5.74, 6) is -0.325. The summed E-state index contributed by atoms with van der Waals surface area (Å²) in [6.07, 6.45) is 16.5. The normalized spacial score (nSPS) is 39.7. The highest BCUT2D eigenvalue weighted by atomic mass is 16.4. The fraction of sp³-hybridized carbons (Fsp3) is 0.912. The molecule has 0 amide bonds. The van der Waals surface area contributed by atoms with E-state index in [9.17, 15) is 30.3 Å². The van der Waals surface area contributed by atoms with Crippen LogP contribution in [-0.4, -0.2) is 63.0 Å². The van der Waals surface area contributed by atoms with Crippen LogP contribution in [0.5, 0.6) is 0 Å². The van der Waals surface area contributed by atoms with Crippen molar-refractivity contribution in [2.45, 2.75) is 146 Å². The molecule has 8 N–H and O–H groups in total. The Morgan fingerprint density at radius 1 is 1.00 bits per heavy atom. The Bertz CT molecular complexity index is 871. The quantitative estimate of drug-likeness (QED) is 0.118. The number of allylic oxidation sites excluding steroid dienone is 1. The number of hydrogen-bond acceptors (Lipinski definition) is 7. The van der Waals surface area contributed by atoms with Crippen molar-refractivity contribution in [1.82, 2.24) is 0 Å². The highest BCUT2D eigenvalue weighted by molar-refractivity contribution is 5.68. The van der Waals surface area contributed by atoms with E-state index in [2.05, 4.69) is 24.4 Å². The van der Waals surface area contributed by atoms with Gasteiger partial charge in [-0.1, -0.05) is 57.6 Å². The van der Waals surface area contributed by atoms with Gasteiger partial charge in [-0.25, -0.2) is 0 Å². The van der Waals surface area contributed by atoms with Crippen molar-refractivity contribution in [1.29, 1.82) is 0 Å². The van der Waals surface area contributed by atoms with Crippen molar-refractivity contribution in [3.8, 4) is 0 Å². The molecule has 0 aromatic carbocycles. The molecule has 242 valence electrons. The van der Waals surface area contributed by atoms with E-state index in [1.54, 1.807) is 0 Å². The fourth-order valence-electron chi connectivity index (χ4n) is 9.30. The van der Waals surface area contributed by atoms with Crippen LogP contribution in [0.2, 0.25) is 0 Å². The van der Waals surface area contributed by atoms with E-state index in [0.717, 1.165) is 64.3 Å². The van der Waals surface area contributed by atoms with Crippen molar-refractivity contribution in [2.24, 2.45) is 47.2 Å². The molecule has 1 saturated heterocycles. The van der Waals surface area contributed by atoms with E-state index in [4.69, 9.17) is 5.73 Å². The average molecular weight is 593 g/mol. The van der Waals surface area contributed by atoms with Gasteiger partial charge in [0.05, 0.1) is 30.5 Å². The van der Waals surface area contributed by atoms with Crippen LogP contribution in [-0.2, 0) is 4.79 Å². The first-order valence-corrected chi connectivity index (χ1v) is 17.4. The maximum absolute atomic E-state index is 11.9. The number of hydrogen-bond donors (Lipinski definition) is 6. The lowest BCUT2D eigenvalue weighted by molar-refractivity contribution is -0.699. The summed E-state index contributed by atoms with van der Waals surface area (Å²) in [6.45, 7) is 3.23. The Hall–Kier alpha value is -1.03. The zero-order chi connectivity index (χ0) is 30.3. The third-order valence-corrected chi connectivity index (χ3v) is 11.8. The van der Waals surface area contributed by atoms with Gasteiger partial charge in [0.2, 0.25) is 0 Å². The third-order valence-electron chi connectivity index (χ3n) is 11.8. The minimum atomic E-state index is -1.27. The van der Waals surface area contributed by atoms with Gasteiger partial charge < -0.3 is 35.6 Å². The molecule has 4 aliphatic rings. The van der Waals surface area contributed by atoms with Gasteiger partial charge in [-0.15, -0.1) is 0 Å². The minimum Gasteiger partial charge on any atom is -0.550 e. The van der Waals surface area contributed by atoms with Crippen molar-refractivity contribution in [2.75, 3.05) is 6.54 Å². The molecule has 0 spiro atoms. The number of nitrogens with two attached hydrogens (primary N) is 2. The largest absolute Gasteiger partial charge is 0.550 e. The minimum absolute atomic E-state index is 0.0101. The average Bonchev–Trinajstić information content (AvgIpc) is 3.48. The van der Waals surface area contributed by atoms with Gasteiger partial charge in [-0.05, 0) is 93.8 Å². The van der Waals surface area contributed by atoms with Gasteiger partial charge in [-0.3, -0.25) is 5.73 Å². The summed E-state index contributed by atoms with van der Waals surface area (Å²) in [4.78, 5) is 11.9. The number of carboxylic acids is 1. The van der Waals surface area contributed by atoms with Crippen molar-refractivity contribution in [3.05, 3.63) is 12.2 Å². The topological polar surface area (TPSA) is 164 Å². The molecule has 0 radical (unpaired) electrons. The summed E-state index contributed by atoms with van der Waals surface area (Å²) < 4.78 is 0. The van der Waals surface area contributed by atoms with E-state index in [0.29, 0.717) is 37.0 Å². The van der Waals surface area contributed by atoms with Gasteiger partial charge >= 0.3 is 0 Å². The SMILES string of the molecule is CCCCCC1C=CC(CCCCCC(C(=O)[O-])C(O)CCC2(O)C(O)CC3C(C4CC[NH2+]C(N)C4)CCC32)C(O)C1. The molecule has 3 fully saturated rings. The molecule has 2 saturated carbocycles. The number of carbonyl (C=O) groups is 1. The van der Waals surface area contributed by atoms with E-state index < -0.39 is 29.7 Å². The van der Waals surface area contributed by atoms with Gasteiger partial charge in [0.15, 0.2) is 0 Å². The molecular weight excluding hydrogens is 532 g/mol. The Morgan fingerprint density at radius 2 is 1.79 bits per heavy atom. The standard InChI is InChI=1S/C34H60N2O6/c1-2-3-5-8-22-11-12-23(30(38)19-22)9-6-4-7-10-26(33(40)41)29(37)15-17-34(42)28-14-13-25(27(28)21-31(34)39)24-16-18-36-32(35)20-24/h11-12,22-32,36-39,42H,2-10,13-21,35H2,1H3,(H,40,41). The van der Waals surface area contributed by atoms with Crippen molar-refractivity contribution >= 4 is 5.97 Å². The second-order valence-electron chi connectivity index (χ2n) is 14.5. The van der Waals surface area contributed by atoms with E-state index in [-0.39, 0.29) is 42.9 Å². The molecular formula is C34H60N2O6. The number of piperidine rings is 1. The molecule has 42 heavy (non-hydrogen) atoms. The van der Waals surface area contributed by atoms with Gasteiger partial charge in [0, 0.05) is 24.2 Å². The lowest BCUT2D eigenvalue weighted by Crippen LogP contribution is -2.94. The molecule has 0 aromatic heterocycles. The first-order chi connectivity index (χ1) is 20.1. The maximum atomic E-state index is 11.9. The highest BCUT2D eigenvalue weighted by Gasteiger charge is 2.59. The fourth-order valence-corrected chi connectivity index (χ4v) is 9.30. The molecule has 8 heteroatoms. The second-order valence-corrected chi connectivity index (χ2v) is 14.5. The smallest absolute Gasteiger partial charge is 0.137 e. The number of rotatable bonds is 16. The molecule has 0 aromatic rings. The number of quaternary nitrogens is 1. The van der Waals surface area contributed by atoms with E-state index >= 15 is 0 Å². The van der Waals surface area contributed by atoms with Gasteiger partial charge in [0.1, 0.15) is 6.17 Å². The Kier molecular flexibility index (Phi) is 12.7. The van der Waals surface area contributed by atoms with Crippen LogP contribution in [0.4, 0.5) is 0 Å². The first-order valence-electron chi connectivity index (χ1n) is 17.4. The summed E-state index contributed by atoms with van der Waals surface area (Å²) in [6, 6.07) is 0. The van der Waals surface area contributed by atoms with Crippen molar-refractivity contribution in [3.63, 3.8) is 0 Å². The summed E-state index contributed by atoms with van der Waals surface area (Å²) in [5, 5.41) is 58.2. The Morgan fingerprint density at radius 3 is 2.50 bits per heavy atom. The summed E-state index contributed by atoms with van der Waals surface area (Å²) in [7, 11) is 0. The van der Waals surface area contributed by atoms with Crippen LogP contribution in [0.3, 0.4) is 0 Å². The number of aliphatic carboxylic acids is 1. The van der Waals surface area contributed by atoms with Gasteiger partial charge in [0.25, 0.3) is 0 Å². The van der Waals surface area contributed by atoms with Crippen LogP contribution < -0.4 is 16.2 Å². The molecule has 8 nitrogen and oxygen atoms in total. The number of aliphatic hydroxyl groups is 4. The number of carboxylic acid groups (broad SMARTS) is 1.